The summed E-state index contributed by atoms with van der Waals surface area (Å²) in [5.74, 6) is 0.810. The molecule has 4 nitrogen and oxygen atoms in total. The van der Waals surface area contributed by atoms with Gasteiger partial charge in [0, 0.05) is 11.6 Å². The van der Waals surface area contributed by atoms with Crippen LogP contribution >= 0.6 is 0 Å². The highest BCUT2D eigenvalue weighted by atomic mass is 19.4. The highest BCUT2D eigenvalue weighted by Gasteiger charge is 2.31. The summed E-state index contributed by atoms with van der Waals surface area (Å²) < 4.78 is 60.2. The molecule has 1 heterocycles. The number of alkyl halides is 3. The van der Waals surface area contributed by atoms with Gasteiger partial charge in [-0.25, -0.2) is 9.37 Å². The Balaban J connectivity index is 1.34. The van der Waals surface area contributed by atoms with Crippen molar-refractivity contribution in [3.05, 3.63) is 78.1 Å². The number of ether oxygens (including phenoxy) is 1. The van der Waals surface area contributed by atoms with Crippen LogP contribution in [0.2, 0.25) is 0 Å². The highest BCUT2D eigenvalue weighted by molar-refractivity contribution is 5.60. The lowest BCUT2D eigenvalue weighted by Crippen LogP contribution is -2.30. The molecule has 3 aromatic rings. The van der Waals surface area contributed by atoms with Crippen molar-refractivity contribution in [2.45, 2.75) is 38.1 Å². The molecule has 1 atom stereocenters. The van der Waals surface area contributed by atoms with Crippen LogP contribution in [-0.2, 0) is 0 Å². The maximum atomic E-state index is 13.8. The molecule has 0 bridgehead atoms. The fraction of sp³-hybridized carbons (Fsp3) is 0.370. The molecule has 1 fully saturated rings. The van der Waals surface area contributed by atoms with Crippen molar-refractivity contribution in [3.8, 4) is 17.0 Å². The summed E-state index contributed by atoms with van der Waals surface area (Å²) in [4.78, 5) is 6.60. The van der Waals surface area contributed by atoms with Gasteiger partial charge in [-0.15, -0.1) is 13.2 Å². The first kappa shape index (κ1) is 25.0. The fourth-order valence-corrected chi connectivity index (χ4v) is 4.88. The molecule has 0 N–H and O–H groups in total. The number of benzene rings is 2. The molecule has 1 saturated carbocycles. The Morgan fingerprint density at radius 2 is 1.77 bits per heavy atom. The van der Waals surface area contributed by atoms with Crippen LogP contribution < -0.4 is 4.74 Å². The number of nitrogens with zero attached hydrogens (tertiary/aromatic N) is 2. The van der Waals surface area contributed by atoms with Gasteiger partial charge in [0.05, 0.1) is 0 Å². The molecule has 1 aromatic heterocycles. The van der Waals surface area contributed by atoms with Gasteiger partial charge in [-0.05, 0) is 99.7 Å². The summed E-state index contributed by atoms with van der Waals surface area (Å²) >= 11 is 0. The molecule has 1 aliphatic carbocycles. The van der Waals surface area contributed by atoms with Crippen LogP contribution in [0.15, 0.2) is 65.3 Å². The molecule has 0 amide bonds. The number of halogens is 4. The van der Waals surface area contributed by atoms with E-state index >= 15 is 0 Å². The number of rotatable bonds is 7. The normalized spacial score (nSPS) is 19.9. The van der Waals surface area contributed by atoms with Crippen molar-refractivity contribution >= 4 is 6.08 Å². The summed E-state index contributed by atoms with van der Waals surface area (Å²) in [7, 11) is 4.08. The van der Waals surface area contributed by atoms with Crippen LogP contribution in [0.1, 0.15) is 43.2 Å². The molecule has 0 aliphatic heterocycles. The van der Waals surface area contributed by atoms with Crippen LogP contribution in [0.4, 0.5) is 17.6 Å². The molecular weight excluding hydrogens is 460 g/mol. The lowest BCUT2D eigenvalue weighted by Gasteiger charge is -2.37. The fourth-order valence-electron chi connectivity index (χ4n) is 4.88. The van der Waals surface area contributed by atoms with Gasteiger partial charge >= 0.3 is 6.36 Å². The zero-order valence-electron chi connectivity index (χ0n) is 19.6. The maximum absolute atomic E-state index is 13.8. The number of aromatic nitrogens is 1. The minimum Gasteiger partial charge on any atom is -0.444 e. The van der Waals surface area contributed by atoms with E-state index < -0.39 is 6.36 Å². The Kier molecular flexibility index (Phi) is 7.60. The first-order chi connectivity index (χ1) is 16.7. The lowest BCUT2D eigenvalue weighted by atomic mass is 9.76. The molecule has 0 saturated heterocycles. The molecule has 1 aliphatic rings. The van der Waals surface area contributed by atoms with Crippen molar-refractivity contribution < 1.29 is 26.7 Å². The van der Waals surface area contributed by atoms with E-state index in [-0.39, 0.29) is 17.6 Å². The van der Waals surface area contributed by atoms with Crippen molar-refractivity contribution in [1.82, 2.24) is 9.88 Å². The predicted octanol–water partition coefficient (Wildman–Crippen LogP) is 7.50. The Labute approximate surface area is 202 Å². The van der Waals surface area contributed by atoms with Crippen molar-refractivity contribution in [1.29, 1.82) is 0 Å². The summed E-state index contributed by atoms with van der Waals surface area (Å²) in [6.07, 6.45) is 4.85. The van der Waals surface area contributed by atoms with Crippen molar-refractivity contribution in [2.75, 3.05) is 14.1 Å². The van der Waals surface area contributed by atoms with E-state index in [1.54, 1.807) is 12.1 Å². The van der Waals surface area contributed by atoms with E-state index in [0.717, 1.165) is 31.2 Å². The Hall–Kier alpha value is -3.13. The lowest BCUT2D eigenvalue weighted by molar-refractivity contribution is -0.274. The molecule has 186 valence electrons. The minimum atomic E-state index is -4.72. The van der Waals surface area contributed by atoms with Crippen molar-refractivity contribution in [2.24, 2.45) is 11.8 Å². The average molecular weight is 489 g/mol. The van der Waals surface area contributed by atoms with Crippen molar-refractivity contribution in [3.63, 3.8) is 0 Å². The Bertz CT molecular complexity index is 1130. The Morgan fingerprint density at radius 1 is 1.06 bits per heavy atom. The molecular formula is C27H28F4N2O2. The van der Waals surface area contributed by atoms with E-state index in [9.17, 15) is 17.6 Å². The van der Waals surface area contributed by atoms with Gasteiger partial charge < -0.3 is 14.1 Å². The minimum absolute atomic E-state index is 0.179. The van der Waals surface area contributed by atoms with Gasteiger partial charge in [-0.3, -0.25) is 0 Å². The van der Waals surface area contributed by atoms with Crippen LogP contribution in [0.5, 0.6) is 5.75 Å². The number of hydrogen-bond donors (Lipinski definition) is 0. The molecule has 1 unspecified atom stereocenters. The summed E-state index contributed by atoms with van der Waals surface area (Å²) in [6, 6.07) is 12.6. The van der Waals surface area contributed by atoms with E-state index in [0.29, 0.717) is 29.0 Å². The molecule has 2 aromatic carbocycles. The zero-order valence-corrected chi connectivity index (χ0v) is 19.6. The van der Waals surface area contributed by atoms with Crippen LogP contribution in [0.25, 0.3) is 17.3 Å². The summed E-state index contributed by atoms with van der Waals surface area (Å²) in [6.45, 7) is 0. The van der Waals surface area contributed by atoms with Gasteiger partial charge in [0.2, 0.25) is 5.89 Å². The molecule has 4 rings (SSSR count). The largest absolute Gasteiger partial charge is 0.573 e. The average Bonchev–Trinajstić information content (AvgIpc) is 3.27. The summed E-state index contributed by atoms with van der Waals surface area (Å²) in [5, 5.41) is 0. The zero-order chi connectivity index (χ0) is 25.0. The van der Waals surface area contributed by atoms with E-state index in [1.807, 2.05) is 26.2 Å². The number of allylic oxidation sites excluding steroid dienone is 1. The third-order valence-electron chi connectivity index (χ3n) is 6.43. The van der Waals surface area contributed by atoms with E-state index in [1.165, 1.54) is 36.6 Å². The van der Waals surface area contributed by atoms with Gasteiger partial charge in [0.15, 0.2) is 0 Å². The topological polar surface area (TPSA) is 38.5 Å². The van der Waals surface area contributed by atoms with E-state index in [2.05, 4.69) is 20.7 Å². The van der Waals surface area contributed by atoms with Gasteiger partial charge in [0.25, 0.3) is 0 Å². The molecule has 8 heteroatoms. The van der Waals surface area contributed by atoms with E-state index in [4.69, 9.17) is 4.42 Å². The standard InChI is InChI=1S/C27H28F4N2O2/c1-33(2)26(21-4-3-5-22(28)16-21)20-9-6-18(7-10-20)8-15-25-32-24(17-34-25)19-11-13-23(14-12-19)35-27(29,30)31/h3-5,8,11-18,20,26H,6-7,9-10H2,1-2H3. The monoisotopic (exact) mass is 488 g/mol. The van der Waals surface area contributed by atoms with Gasteiger partial charge in [0.1, 0.15) is 23.5 Å². The second kappa shape index (κ2) is 10.6. The predicted molar refractivity (Wildman–Crippen MR) is 126 cm³/mol. The van der Waals surface area contributed by atoms with Crippen LogP contribution in [0, 0.1) is 17.7 Å². The molecule has 0 radical (unpaired) electrons. The Morgan fingerprint density at radius 3 is 2.40 bits per heavy atom. The smallest absolute Gasteiger partial charge is 0.444 e. The van der Waals surface area contributed by atoms with Gasteiger partial charge in [-0.1, -0.05) is 18.2 Å². The SMILES string of the molecule is CN(C)C(c1cccc(F)c1)C1CCC(C=Cc2nc(-c3ccc(OC(F)(F)F)cc3)co2)CC1. The molecule has 35 heavy (non-hydrogen) atoms. The van der Waals surface area contributed by atoms with Crippen LogP contribution in [0.3, 0.4) is 0 Å². The maximum Gasteiger partial charge on any atom is 0.573 e. The number of hydrogen-bond acceptors (Lipinski definition) is 4. The first-order valence-corrected chi connectivity index (χ1v) is 11.6. The quantitative estimate of drug-likeness (QED) is 0.323. The van der Waals surface area contributed by atoms with Crippen LogP contribution in [-0.4, -0.2) is 30.3 Å². The number of oxazole rings is 1. The summed E-state index contributed by atoms with van der Waals surface area (Å²) in [5.41, 5.74) is 2.19. The second-order valence-electron chi connectivity index (χ2n) is 9.14. The highest BCUT2D eigenvalue weighted by Crippen LogP contribution is 2.40. The first-order valence-electron chi connectivity index (χ1n) is 11.6. The van der Waals surface area contributed by atoms with Gasteiger partial charge in [-0.2, -0.15) is 0 Å². The third kappa shape index (κ3) is 6.72. The second-order valence-corrected chi connectivity index (χ2v) is 9.14. The third-order valence-corrected chi connectivity index (χ3v) is 6.43. The molecule has 0 spiro atoms.